The average molecular weight is 283 g/mol. The lowest BCUT2D eigenvalue weighted by Crippen LogP contribution is -2.06. The zero-order chi connectivity index (χ0) is 14.6. The number of rotatable bonds is 4. The number of alkyl halides is 3. The third-order valence-corrected chi connectivity index (χ3v) is 2.47. The summed E-state index contributed by atoms with van der Waals surface area (Å²) in [6.07, 6.45) is -0.891. The van der Waals surface area contributed by atoms with Crippen molar-refractivity contribution < 1.29 is 17.9 Å². The Balaban J connectivity index is 2.06. The second-order valence-corrected chi connectivity index (χ2v) is 4.00. The molecule has 0 fully saturated rings. The van der Waals surface area contributed by atoms with E-state index >= 15 is 0 Å². The van der Waals surface area contributed by atoms with Gasteiger partial charge in [0.1, 0.15) is 11.6 Å². The van der Waals surface area contributed by atoms with Gasteiger partial charge >= 0.3 is 6.18 Å². The van der Waals surface area contributed by atoms with E-state index in [1.807, 2.05) is 0 Å². The fraction of sp³-hybridized carbons (Fsp3) is 0.231. The molecule has 0 saturated carbocycles. The molecule has 4 nitrogen and oxygen atoms in total. The molecule has 2 N–H and O–H groups in total. The Hall–Kier alpha value is -2.15. The first-order chi connectivity index (χ1) is 9.49. The van der Waals surface area contributed by atoms with Crippen LogP contribution in [-0.2, 0) is 12.6 Å². The molecule has 0 unspecified atom stereocenters. The summed E-state index contributed by atoms with van der Waals surface area (Å²) in [5.41, 5.74) is 4.65. The van der Waals surface area contributed by atoms with Gasteiger partial charge in [0.15, 0.2) is 5.75 Å². The molecule has 20 heavy (non-hydrogen) atoms. The van der Waals surface area contributed by atoms with E-state index in [4.69, 9.17) is 10.5 Å². The van der Waals surface area contributed by atoms with Crippen molar-refractivity contribution in [2.75, 3.05) is 6.54 Å². The standard InChI is InChI=1S/C13H12F3N3O/c14-13(15,16)9-1-3-10(4-2-9)20-11-7-18-12(5-6-17)19-8-11/h1-4,7-8H,5-6,17H2. The molecule has 1 aromatic heterocycles. The summed E-state index contributed by atoms with van der Waals surface area (Å²) in [5, 5.41) is 0. The van der Waals surface area contributed by atoms with Crippen LogP contribution in [0.1, 0.15) is 11.4 Å². The van der Waals surface area contributed by atoms with Crippen LogP contribution in [0.3, 0.4) is 0 Å². The molecule has 2 rings (SSSR count). The number of nitrogens with two attached hydrogens (primary N) is 1. The molecule has 2 aromatic rings. The van der Waals surface area contributed by atoms with Crippen LogP contribution in [0.25, 0.3) is 0 Å². The quantitative estimate of drug-likeness (QED) is 0.937. The Labute approximate surface area is 113 Å². The summed E-state index contributed by atoms with van der Waals surface area (Å²) in [7, 11) is 0. The fourth-order valence-corrected chi connectivity index (χ4v) is 1.50. The first-order valence-electron chi connectivity index (χ1n) is 5.85. The maximum Gasteiger partial charge on any atom is 0.416 e. The zero-order valence-electron chi connectivity index (χ0n) is 10.4. The molecular weight excluding hydrogens is 271 g/mol. The summed E-state index contributed by atoms with van der Waals surface area (Å²) >= 11 is 0. The third-order valence-electron chi connectivity index (χ3n) is 2.47. The van der Waals surface area contributed by atoms with Crippen LogP contribution in [0, 0.1) is 0 Å². The van der Waals surface area contributed by atoms with Crippen LogP contribution >= 0.6 is 0 Å². The molecule has 0 radical (unpaired) electrons. The Bertz CT molecular complexity index is 553. The van der Waals surface area contributed by atoms with Crippen molar-refractivity contribution in [1.82, 2.24) is 9.97 Å². The van der Waals surface area contributed by atoms with Crippen molar-refractivity contribution in [1.29, 1.82) is 0 Å². The summed E-state index contributed by atoms with van der Waals surface area (Å²) in [4.78, 5) is 8.05. The van der Waals surface area contributed by atoms with Crippen LogP contribution < -0.4 is 10.5 Å². The molecule has 0 aliphatic carbocycles. The van der Waals surface area contributed by atoms with Crippen LogP contribution in [0.5, 0.6) is 11.5 Å². The van der Waals surface area contributed by atoms with Gasteiger partial charge in [0, 0.05) is 6.42 Å². The lowest BCUT2D eigenvalue weighted by molar-refractivity contribution is -0.137. The maximum absolute atomic E-state index is 12.4. The predicted molar refractivity (Wildman–Crippen MR) is 66.3 cm³/mol. The highest BCUT2D eigenvalue weighted by Gasteiger charge is 2.30. The van der Waals surface area contributed by atoms with Gasteiger partial charge in [0.25, 0.3) is 0 Å². The molecule has 0 aliphatic rings. The molecule has 1 aromatic carbocycles. The number of nitrogens with zero attached hydrogens (tertiary/aromatic N) is 2. The van der Waals surface area contributed by atoms with Crippen LogP contribution in [0.2, 0.25) is 0 Å². The van der Waals surface area contributed by atoms with Crippen molar-refractivity contribution in [3.63, 3.8) is 0 Å². The fourth-order valence-electron chi connectivity index (χ4n) is 1.50. The second kappa shape index (κ2) is 5.87. The van der Waals surface area contributed by atoms with Gasteiger partial charge in [0.2, 0.25) is 0 Å². The minimum atomic E-state index is -4.36. The van der Waals surface area contributed by atoms with E-state index in [-0.39, 0.29) is 5.75 Å². The van der Waals surface area contributed by atoms with Gasteiger partial charge in [-0.3, -0.25) is 0 Å². The van der Waals surface area contributed by atoms with Gasteiger partial charge < -0.3 is 10.5 Å². The molecule has 7 heteroatoms. The summed E-state index contributed by atoms with van der Waals surface area (Å²) in [6, 6.07) is 4.41. The van der Waals surface area contributed by atoms with Gasteiger partial charge in [-0.05, 0) is 30.8 Å². The van der Waals surface area contributed by atoms with Crippen LogP contribution in [-0.4, -0.2) is 16.5 Å². The topological polar surface area (TPSA) is 61.0 Å². The number of aromatic nitrogens is 2. The minimum absolute atomic E-state index is 0.285. The Morgan fingerprint density at radius 3 is 2.10 bits per heavy atom. The number of hydrogen-bond acceptors (Lipinski definition) is 4. The van der Waals surface area contributed by atoms with E-state index in [0.717, 1.165) is 12.1 Å². The number of benzene rings is 1. The summed E-state index contributed by atoms with van der Waals surface area (Å²) in [5.74, 6) is 1.23. The predicted octanol–water partition coefficient (Wildman–Crippen LogP) is 2.79. The Morgan fingerprint density at radius 2 is 1.60 bits per heavy atom. The largest absolute Gasteiger partial charge is 0.454 e. The van der Waals surface area contributed by atoms with Crippen LogP contribution in [0.4, 0.5) is 13.2 Å². The van der Waals surface area contributed by atoms with Gasteiger partial charge in [-0.15, -0.1) is 0 Å². The second-order valence-electron chi connectivity index (χ2n) is 4.00. The van der Waals surface area contributed by atoms with E-state index in [1.54, 1.807) is 0 Å². The van der Waals surface area contributed by atoms with Crippen LogP contribution in [0.15, 0.2) is 36.7 Å². The summed E-state index contributed by atoms with van der Waals surface area (Å²) in [6.45, 7) is 0.444. The molecule has 0 amide bonds. The lowest BCUT2D eigenvalue weighted by atomic mass is 10.2. The molecule has 0 saturated heterocycles. The van der Waals surface area contributed by atoms with Crippen molar-refractivity contribution in [2.45, 2.75) is 12.6 Å². The molecule has 0 aliphatic heterocycles. The van der Waals surface area contributed by atoms with Gasteiger partial charge in [-0.25, -0.2) is 9.97 Å². The Morgan fingerprint density at radius 1 is 1.00 bits per heavy atom. The average Bonchev–Trinajstić information content (AvgIpc) is 2.41. The first kappa shape index (κ1) is 14.3. The number of halogens is 3. The normalized spacial score (nSPS) is 11.4. The first-order valence-corrected chi connectivity index (χ1v) is 5.85. The molecule has 106 valence electrons. The van der Waals surface area contributed by atoms with E-state index in [1.165, 1.54) is 24.5 Å². The van der Waals surface area contributed by atoms with Crippen molar-refractivity contribution >= 4 is 0 Å². The molecular formula is C13H12F3N3O. The van der Waals surface area contributed by atoms with Crippen molar-refractivity contribution in [3.05, 3.63) is 48.0 Å². The van der Waals surface area contributed by atoms with Crippen molar-refractivity contribution in [3.8, 4) is 11.5 Å². The third kappa shape index (κ3) is 3.67. The smallest absolute Gasteiger partial charge is 0.416 e. The monoisotopic (exact) mass is 283 g/mol. The van der Waals surface area contributed by atoms with Gasteiger partial charge in [0.05, 0.1) is 18.0 Å². The SMILES string of the molecule is NCCc1ncc(Oc2ccc(C(F)(F)F)cc2)cn1. The van der Waals surface area contributed by atoms with Gasteiger partial charge in [-0.2, -0.15) is 13.2 Å². The molecule has 0 atom stereocenters. The van der Waals surface area contributed by atoms with Crippen molar-refractivity contribution in [2.24, 2.45) is 5.73 Å². The highest BCUT2D eigenvalue weighted by atomic mass is 19.4. The summed E-state index contributed by atoms with van der Waals surface area (Å²) < 4.78 is 42.5. The highest BCUT2D eigenvalue weighted by molar-refractivity contribution is 5.32. The molecule has 0 spiro atoms. The van der Waals surface area contributed by atoms with E-state index in [2.05, 4.69) is 9.97 Å². The lowest BCUT2D eigenvalue weighted by Gasteiger charge is -2.08. The zero-order valence-corrected chi connectivity index (χ0v) is 10.4. The number of hydrogen-bond donors (Lipinski definition) is 1. The Kier molecular flexibility index (Phi) is 4.19. The van der Waals surface area contributed by atoms with Gasteiger partial charge in [-0.1, -0.05) is 0 Å². The molecule has 0 bridgehead atoms. The maximum atomic E-state index is 12.4. The highest BCUT2D eigenvalue weighted by Crippen LogP contribution is 2.31. The minimum Gasteiger partial charge on any atom is -0.454 e. The van der Waals surface area contributed by atoms with E-state index in [9.17, 15) is 13.2 Å². The van der Waals surface area contributed by atoms with E-state index < -0.39 is 11.7 Å². The van der Waals surface area contributed by atoms with E-state index in [0.29, 0.717) is 24.5 Å². The molecule has 1 heterocycles. The number of ether oxygens (including phenoxy) is 1.